The van der Waals surface area contributed by atoms with Gasteiger partial charge in [-0.25, -0.2) is 4.98 Å². The summed E-state index contributed by atoms with van der Waals surface area (Å²) in [5.74, 6) is -1.19. The minimum atomic E-state index is -5.04. The van der Waals surface area contributed by atoms with Gasteiger partial charge in [0.05, 0.1) is 11.1 Å². The number of aromatic amines is 1. The van der Waals surface area contributed by atoms with Gasteiger partial charge in [-0.15, -0.1) is 0 Å². The lowest BCUT2D eigenvalue weighted by atomic mass is 10.0. The first-order valence-electron chi connectivity index (χ1n) is 8.42. The zero-order valence-electron chi connectivity index (χ0n) is 15.6. The first-order valence-corrected chi connectivity index (χ1v) is 8.42. The van der Waals surface area contributed by atoms with Crippen molar-refractivity contribution in [3.8, 4) is 11.4 Å². The summed E-state index contributed by atoms with van der Waals surface area (Å²) in [6, 6.07) is 0.667. The molecule has 29 heavy (non-hydrogen) atoms. The number of halogens is 6. The molecule has 2 rings (SSSR count). The zero-order chi connectivity index (χ0) is 22.1. The van der Waals surface area contributed by atoms with Crippen molar-refractivity contribution in [3.63, 3.8) is 0 Å². The molecule has 5 nitrogen and oxygen atoms in total. The van der Waals surface area contributed by atoms with E-state index in [4.69, 9.17) is 0 Å². The quantitative estimate of drug-likeness (QED) is 0.747. The normalized spacial score (nSPS) is 13.3. The number of rotatable bonds is 4. The number of H-pyrrole nitrogens is 1. The van der Waals surface area contributed by atoms with Crippen LogP contribution in [0.15, 0.2) is 29.2 Å². The first kappa shape index (κ1) is 22.4. The summed E-state index contributed by atoms with van der Waals surface area (Å²) in [4.78, 5) is 31.7. The number of alkyl halides is 6. The van der Waals surface area contributed by atoms with E-state index in [-0.39, 0.29) is 17.7 Å². The SMILES string of the molecule is CC[C@H](C)N(C)C(=O)c1cnc(-c2cc(C(F)(F)F)cc(C(F)(F)F)c2)[nH]c1=O. The summed E-state index contributed by atoms with van der Waals surface area (Å²) in [6.07, 6.45) is -8.63. The van der Waals surface area contributed by atoms with Gasteiger partial charge >= 0.3 is 12.4 Å². The summed E-state index contributed by atoms with van der Waals surface area (Å²) in [6.45, 7) is 3.57. The highest BCUT2D eigenvalue weighted by Gasteiger charge is 2.37. The summed E-state index contributed by atoms with van der Waals surface area (Å²) < 4.78 is 77.9. The van der Waals surface area contributed by atoms with Gasteiger partial charge in [-0.05, 0) is 31.5 Å². The van der Waals surface area contributed by atoms with E-state index < -0.39 is 46.3 Å². The summed E-state index contributed by atoms with van der Waals surface area (Å²) in [5.41, 5.74) is -5.01. The van der Waals surface area contributed by atoms with Crippen LogP contribution in [0.2, 0.25) is 0 Å². The van der Waals surface area contributed by atoms with Crippen molar-refractivity contribution in [3.05, 3.63) is 51.4 Å². The number of benzene rings is 1. The molecule has 0 aliphatic heterocycles. The van der Waals surface area contributed by atoms with Crippen molar-refractivity contribution in [2.24, 2.45) is 0 Å². The lowest BCUT2D eigenvalue weighted by Crippen LogP contribution is -2.37. The highest BCUT2D eigenvalue weighted by Crippen LogP contribution is 2.37. The largest absolute Gasteiger partial charge is 0.416 e. The fraction of sp³-hybridized carbons (Fsp3) is 0.389. The molecule has 1 N–H and O–H groups in total. The molecule has 0 aliphatic carbocycles. The van der Waals surface area contributed by atoms with Gasteiger partial charge in [0, 0.05) is 24.8 Å². The van der Waals surface area contributed by atoms with Gasteiger partial charge in [-0.1, -0.05) is 6.92 Å². The van der Waals surface area contributed by atoms with Crippen LogP contribution >= 0.6 is 0 Å². The molecule has 1 heterocycles. The van der Waals surface area contributed by atoms with Gasteiger partial charge in [-0.3, -0.25) is 9.59 Å². The van der Waals surface area contributed by atoms with Crippen LogP contribution in [0, 0.1) is 0 Å². The van der Waals surface area contributed by atoms with Crippen molar-refractivity contribution in [2.45, 2.75) is 38.7 Å². The number of hydrogen-bond acceptors (Lipinski definition) is 3. The van der Waals surface area contributed by atoms with E-state index in [1.54, 1.807) is 6.92 Å². The number of aromatic nitrogens is 2. The molecule has 0 aliphatic rings. The Bertz CT molecular complexity index is 933. The van der Waals surface area contributed by atoms with Crippen LogP contribution in [-0.4, -0.2) is 33.9 Å². The van der Waals surface area contributed by atoms with Crippen molar-refractivity contribution in [1.29, 1.82) is 0 Å². The third kappa shape index (κ3) is 4.96. The van der Waals surface area contributed by atoms with E-state index in [9.17, 15) is 35.9 Å². The number of nitrogens with one attached hydrogen (secondary N) is 1. The molecule has 158 valence electrons. The Morgan fingerprint density at radius 3 is 2.03 bits per heavy atom. The average Bonchev–Trinajstić information content (AvgIpc) is 2.64. The third-order valence-corrected chi connectivity index (χ3v) is 4.46. The Morgan fingerprint density at radius 2 is 1.62 bits per heavy atom. The maximum absolute atomic E-state index is 13.0. The van der Waals surface area contributed by atoms with Gasteiger partial charge in [0.25, 0.3) is 11.5 Å². The second-order valence-corrected chi connectivity index (χ2v) is 6.44. The van der Waals surface area contributed by atoms with Gasteiger partial charge in [0.1, 0.15) is 11.4 Å². The predicted octanol–water partition coefficient (Wildman–Crippen LogP) is 4.35. The highest BCUT2D eigenvalue weighted by molar-refractivity contribution is 5.93. The van der Waals surface area contributed by atoms with Gasteiger partial charge < -0.3 is 9.88 Å². The lowest BCUT2D eigenvalue weighted by Gasteiger charge is -2.23. The van der Waals surface area contributed by atoms with E-state index in [0.717, 1.165) is 6.20 Å². The lowest BCUT2D eigenvalue weighted by molar-refractivity contribution is -0.143. The molecular weight excluding hydrogens is 404 g/mol. The van der Waals surface area contributed by atoms with Crippen LogP contribution in [-0.2, 0) is 12.4 Å². The second-order valence-electron chi connectivity index (χ2n) is 6.44. The molecular formula is C18H17F6N3O2. The molecule has 0 unspecified atom stereocenters. The van der Waals surface area contributed by atoms with Gasteiger partial charge in [0.2, 0.25) is 0 Å². The van der Waals surface area contributed by atoms with E-state index in [0.29, 0.717) is 18.6 Å². The number of carbonyl (C=O) groups is 1. The smallest absolute Gasteiger partial charge is 0.339 e. The van der Waals surface area contributed by atoms with Crippen LogP contribution in [0.3, 0.4) is 0 Å². The monoisotopic (exact) mass is 421 g/mol. The van der Waals surface area contributed by atoms with Crippen molar-refractivity contribution >= 4 is 5.91 Å². The van der Waals surface area contributed by atoms with E-state index in [1.165, 1.54) is 11.9 Å². The number of amides is 1. The molecule has 1 atom stereocenters. The van der Waals surface area contributed by atoms with Crippen LogP contribution in [0.5, 0.6) is 0 Å². The van der Waals surface area contributed by atoms with Gasteiger partial charge in [0.15, 0.2) is 0 Å². The third-order valence-electron chi connectivity index (χ3n) is 4.46. The molecule has 2 aromatic rings. The van der Waals surface area contributed by atoms with Crippen molar-refractivity contribution in [2.75, 3.05) is 7.05 Å². The van der Waals surface area contributed by atoms with Gasteiger partial charge in [-0.2, -0.15) is 26.3 Å². The van der Waals surface area contributed by atoms with E-state index in [2.05, 4.69) is 9.97 Å². The van der Waals surface area contributed by atoms with Crippen LogP contribution in [0.4, 0.5) is 26.3 Å². The minimum absolute atomic E-state index is 0.0272. The summed E-state index contributed by atoms with van der Waals surface area (Å²) >= 11 is 0. The average molecular weight is 421 g/mol. The molecule has 11 heteroatoms. The highest BCUT2D eigenvalue weighted by atomic mass is 19.4. The first-order chi connectivity index (χ1) is 13.3. The molecule has 0 saturated heterocycles. The fourth-order valence-electron chi connectivity index (χ4n) is 2.45. The minimum Gasteiger partial charge on any atom is -0.339 e. The number of nitrogens with zero attached hydrogens (tertiary/aromatic N) is 2. The summed E-state index contributed by atoms with van der Waals surface area (Å²) in [5, 5.41) is 0. The second kappa shape index (κ2) is 7.88. The fourth-order valence-corrected chi connectivity index (χ4v) is 2.45. The van der Waals surface area contributed by atoms with Crippen molar-refractivity contribution in [1.82, 2.24) is 14.9 Å². The molecule has 0 saturated carbocycles. The Morgan fingerprint density at radius 1 is 1.10 bits per heavy atom. The Kier molecular flexibility index (Phi) is 6.10. The molecule has 0 fully saturated rings. The molecule has 1 aromatic heterocycles. The molecule has 0 radical (unpaired) electrons. The van der Waals surface area contributed by atoms with Crippen LogP contribution in [0.25, 0.3) is 11.4 Å². The Labute approximate surface area is 161 Å². The topological polar surface area (TPSA) is 66.1 Å². The van der Waals surface area contributed by atoms with Crippen LogP contribution < -0.4 is 5.56 Å². The zero-order valence-corrected chi connectivity index (χ0v) is 15.6. The molecule has 1 amide bonds. The molecule has 0 bridgehead atoms. The molecule has 0 spiro atoms. The maximum Gasteiger partial charge on any atom is 0.416 e. The Hall–Kier alpha value is -2.85. The van der Waals surface area contributed by atoms with E-state index >= 15 is 0 Å². The van der Waals surface area contributed by atoms with Crippen LogP contribution in [0.1, 0.15) is 41.8 Å². The maximum atomic E-state index is 13.0. The summed E-state index contributed by atoms with van der Waals surface area (Å²) in [7, 11) is 1.46. The number of hydrogen-bond donors (Lipinski definition) is 1. The molecule has 1 aromatic carbocycles. The standard InChI is InChI=1S/C18H17F6N3O2/c1-4-9(2)27(3)16(29)13-8-25-14(26-15(13)28)10-5-11(17(19,20)21)7-12(6-10)18(22,23)24/h5-9H,4H2,1-3H3,(H,25,26,28)/t9-/m0/s1. The van der Waals surface area contributed by atoms with Crippen molar-refractivity contribution < 1.29 is 31.1 Å². The predicted molar refractivity (Wildman–Crippen MR) is 92.1 cm³/mol. The van der Waals surface area contributed by atoms with E-state index in [1.807, 2.05) is 6.92 Å². The Balaban J connectivity index is 2.55. The number of carbonyl (C=O) groups excluding carboxylic acids is 1.